The maximum absolute atomic E-state index is 10.4. The molecular formula is C6H10N2O. The predicted octanol–water partition coefficient (Wildman–Crippen LogP) is 0.466. The minimum absolute atomic E-state index is 0.152. The van der Waals surface area contributed by atoms with Crippen molar-refractivity contribution in [2.75, 3.05) is 0 Å². The molecule has 0 aromatic heterocycles. The molecule has 0 bridgehead atoms. The monoisotopic (exact) mass is 126 g/mol. The Bertz CT molecular complexity index is 158. The van der Waals surface area contributed by atoms with Crippen molar-refractivity contribution >= 4 is 12.0 Å². The van der Waals surface area contributed by atoms with Gasteiger partial charge >= 0.3 is 0 Å². The topological polar surface area (TPSA) is 55.4 Å². The molecule has 0 heterocycles. The summed E-state index contributed by atoms with van der Waals surface area (Å²) >= 11 is 0. The van der Waals surface area contributed by atoms with Crippen LogP contribution < -0.4 is 5.73 Å². The number of ketones is 1. The number of rotatable bonds is 2. The van der Waals surface area contributed by atoms with Crippen molar-refractivity contribution < 1.29 is 4.79 Å². The van der Waals surface area contributed by atoms with Gasteiger partial charge in [0, 0.05) is 13.1 Å². The third kappa shape index (κ3) is 3.46. The highest BCUT2D eigenvalue weighted by molar-refractivity contribution is 5.92. The molecule has 3 heteroatoms. The van der Waals surface area contributed by atoms with Crippen molar-refractivity contribution in [3.63, 3.8) is 0 Å². The van der Waals surface area contributed by atoms with Gasteiger partial charge in [0.15, 0.2) is 5.78 Å². The quantitative estimate of drug-likeness (QED) is 0.432. The first-order chi connectivity index (χ1) is 4.18. The van der Waals surface area contributed by atoms with Gasteiger partial charge in [-0.05, 0) is 6.92 Å². The summed E-state index contributed by atoms with van der Waals surface area (Å²) in [6, 6.07) is 0. The lowest BCUT2D eigenvalue weighted by Crippen LogP contribution is -2.05. The smallest absolute Gasteiger partial charge is 0.176 e. The van der Waals surface area contributed by atoms with Crippen molar-refractivity contribution in [2.45, 2.75) is 13.8 Å². The normalized spacial score (nSPS) is 12.4. The molecule has 0 radical (unpaired) electrons. The molecule has 0 aliphatic carbocycles. The second kappa shape index (κ2) is 3.83. The van der Waals surface area contributed by atoms with E-state index in [-0.39, 0.29) is 11.5 Å². The van der Waals surface area contributed by atoms with E-state index in [4.69, 9.17) is 5.73 Å². The number of carbonyl (C=O) groups excluding carboxylic acids is 1. The van der Waals surface area contributed by atoms with Crippen LogP contribution in [0.5, 0.6) is 0 Å². The van der Waals surface area contributed by atoms with Gasteiger partial charge in [-0.25, -0.2) is 0 Å². The molecule has 3 nitrogen and oxygen atoms in total. The van der Waals surface area contributed by atoms with Gasteiger partial charge in [0.1, 0.15) is 0 Å². The van der Waals surface area contributed by atoms with Gasteiger partial charge in [0.25, 0.3) is 0 Å². The summed E-state index contributed by atoms with van der Waals surface area (Å²) in [5.74, 6) is -0.152. The molecule has 0 aliphatic heterocycles. The number of aliphatic imine (C=N–C) groups is 1. The van der Waals surface area contributed by atoms with Gasteiger partial charge in [-0.1, -0.05) is 0 Å². The van der Waals surface area contributed by atoms with E-state index in [1.165, 1.54) is 13.1 Å². The second-order valence-corrected chi connectivity index (χ2v) is 1.55. The molecule has 0 atom stereocenters. The van der Waals surface area contributed by atoms with Crippen LogP contribution >= 0.6 is 0 Å². The van der Waals surface area contributed by atoms with Gasteiger partial charge in [0.05, 0.1) is 11.9 Å². The molecule has 0 saturated carbocycles. The molecule has 2 N–H and O–H groups in total. The predicted molar refractivity (Wildman–Crippen MR) is 37.1 cm³/mol. The Kier molecular flexibility index (Phi) is 3.35. The van der Waals surface area contributed by atoms with Gasteiger partial charge in [-0.3, -0.25) is 9.79 Å². The number of Topliss-reactive ketones (excluding diaryl/α,β-unsaturated/α-hetero) is 1. The number of carbonyl (C=O) groups is 1. The van der Waals surface area contributed by atoms with Crippen LogP contribution in [0.2, 0.25) is 0 Å². The van der Waals surface area contributed by atoms with Gasteiger partial charge < -0.3 is 5.73 Å². The van der Waals surface area contributed by atoms with Crippen molar-refractivity contribution in [3.8, 4) is 0 Å². The molecule has 0 aromatic carbocycles. The van der Waals surface area contributed by atoms with E-state index < -0.39 is 0 Å². The molecule has 0 saturated heterocycles. The molecule has 0 aromatic rings. The summed E-state index contributed by atoms with van der Waals surface area (Å²) in [6.45, 7) is 3.15. The third-order valence-electron chi connectivity index (χ3n) is 0.769. The highest BCUT2D eigenvalue weighted by Crippen LogP contribution is 1.84. The van der Waals surface area contributed by atoms with E-state index in [0.717, 1.165) is 0 Å². The van der Waals surface area contributed by atoms with Crippen molar-refractivity contribution in [1.29, 1.82) is 0 Å². The average Bonchev–Trinajstić information content (AvgIpc) is 1.82. The first-order valence-electron chi connectivity index (χ1n) is 2.63. The van der Waals surface area contributed by atoms with Crippen molar-refractivity contribution in [3.05, 3.63) is 11.9 Å². The SMILES string of the molecule is CC=N/C=C(\N)C(C)=O. The summed E-state index contributed by atoms with van der Waals surface area (Å²) in [7, 11) is 0. The van der Waals surface area contributed by atoms with Crippen LogP contribution in [-0.2, 0) is 4.79 Å². The summed E-state index contributed by atoms with van der Waals surface area (Å²) in [5, 5.41) is 0. The lowest BCUT2D eigenvalue weighted by Gasteiger charge is -1.87. The Labute approximate surface area is 54.3 Å². The molecule has 0 unspecified atom stereocenters. The lowest BCUT2D eigenvalue weighted by molar-refractivity contribution is -0.113. The highest BCUT2D eigenvalue weighted by atomic mass is 16.1. The van der Waals surface area contributed by atoms with Crippen LogP contribution in [0.15, 0.2) is 16.9 Å². The molecule has 0 aliphatic rings. The fourth-order valence-corrected chi connectivity index (χ4v) is 0.246. The van der Waals surface area contributed by atoms with Crippen LogP contribution in [0.3, 0.4) is 0 Å². The zero-order valence-electron chi connectivity index (χ0n) is 5.59. The number of hydrogen-bond donors (Lipinski definition) is 1. The number of allylic oxidation sites excluding steroid dienone is 1. The zero-order valence-corrected chi connectivity index (χ0v) is 5.59. The van der Waals surface area contributed by atoms with Crippen LogP contribution in [0, 0.1) is 0 Å². The van der Waals surface area contributed by atoms with Crippen LogP contribution in [0.4, 0.5) is 0 Å². The second-order valence-electron chi connectivity index (χ2n) is 1.55. The fraction of sp³-hybridized carbons (Fsp3) is 0.333. The number of hydrogen-bond acceptors (Lipinski definition) is 3. The molecule has 0 amide bonds. The minimum Gasteiger partial charge on any atom is -0.395 e. The van der Waals surface area contributed by atoms with Crippen LogP contribution in [0.25, 0.3) is 0 Å². The van der Waals surface area contributed by atoms with Crippen LogP contribution in [-0.4, -0.2) is 12.0 Å². The standard InChI is InChI=1S/C6H10N2O/c1-3-8-4-6(7)5(2)9/h3-4H,7H2,1-2H3/b6-4-,8-3?. The molecule has 0 rings (SSSR count). The van der Waals surface area contributed by atoms with Gasteiger partial charge in [-0.2, -0.15) is 0 Å². The maximum Gasteiger partial charge on any atom is 0.176 e. The van der Waals surface area contributed by atoms with E-state index in [2.05, 4.69) is 4.99 Å². The first kappa shape index (κ1) is 7.88. The first-order valence-corrected chi connectivity index (χ1v) is 2.63. The molecule has 50 valence electrons. The van der Waals surface area contributed by atoms with E-state index in [0.29, 0.717) is 0 Å². The Morgan fingerprint density at radius 1 is 1.67 bits per heavy atom. The van der Waals surface area contributed by atoms with Crippen molar-refractivity contribution in [1.82, 2.24) is 0 Å². The molecule has 9 heavy (non-hydrogen) atoms. The van der Waals surface area contributed by atoms with Gasteiger partial charge in [0.2, 0.25) is 0 Å². The minimum atomic E-state index is -0.152. The maximum atomic E-state index is 10.4. The van der Waals surface area contributed by atoms with Gasteiger partial charge in [-0.15, -0.1) is 0 Å². The summed E-state index contributed by atoms with van der Waals surface area (Å²) in [6.07, 6.45) is 2.90. The summed E-state index contributed by atoms with van der Waals surface area (Å²) in [5.41, 5.74) is 5.39. The summed E-state index contributed by atoms with van der Waals surface area (Å²) < 4.78 is 0. The summed E-state index contributed by atoms with van der Waals surface area (Å²) in [4.78, 5) is 14.0. The molecule has 0 spiro atoms. The van der Waals surface area contributed by atoms with E-state index in [1.54, 1.807) is 13.1 Å². The third-order valence-corrected chi connectivity index (χ3v) is 0.769. The number of nitrogens with zero attached hydrogens (tertiary/aromatic N) is 1. The zero-order chi connectivity index (χ0) is 7.28. The lowest BCUT2D eigenvalue weighted by atomic mass is 10.3. The molecule has 0 fully saturated rings. The van der Waals surface area contributed by atoms with Crippen molar-refractivity contribution in [2.24, 2.45) is 10.7 Å². The number of nitrogens with two attached hydrogens (primary N) is 1. The van der Waals surface area contributed by atoms with Crippen LogP contribution in [0.1, 0.15) is 13.8 Å². The Balaban J connectivity index is 4.00. The molecular weight excluding hydrogens is 116 g/mol. The Morgan fingerprint density at radius 3 is 2.56 bits per heavy atom. The van der Waals surface area contributed by atoms with E-state index in [9.17, 15) is 4.79 Å². The Hall–Kier alpha value is -1.12. The fourth-order valence-electron chi connectivity index (χ4n) is 0.246. The average molecular weight is 126 g/mol. The Morgan fingerprint density at radius 2 is 2.22 bits per heavy atom. The van der Waals surface area contributed by atoms with E-state index in [1.807, 2.05) is 0 Å². The van der Waals surface area contributed by atoms with E-state index >= 15 is 0 Å². The highest BCUT2D eigenvalue weighted by Gasteiger charge is 1.92. The largest absolute Gasteiger partial charge is 0.395 e.